The summed E-state index contributed by atoms with van der Waals surface area (Å²) in [6, 6.07) is 0. The molecule has 0 aromatic rings. The molecule has 0 unspecified atom stereocenters. The van der Waals surface area contributed by atoms with E-state index in [1.165, 1.54) is 0 Å². The molecule has 0 aliphatic heterocycles. The van der Waals surface area contributed by atoms with Crippen molar-refractivity contribution in [1.29, 1.82) is 0 Å². The average molecular weight is 192 g/mol. The second-order valence-electron chi connectivity index (χ2n) is 4.17. The fourth-order valence-electron chi connectivity index (χ4n) is 1.91. The number of alkyl halides is 2. The maximum Gasteiger partial charge on any atom is 0.250 e. The Kier molecular flexibility index (Phi) is 2.45. The summed E-state index contributed by atoms with van der Waals surface area (Å²) < 4.78 is 25.2. The highest BCUT2D eigenvalue weighted by Crippen LogP contribution is 2.53. The number of aliphatic hydroxyl groups excluding tert-OH is 1. The topological polar surface area (TPSA) is 37.3 Å². The molecule has 0 aromatic carbocycles. The van der Waals surface area contributed by atoms with E-state index in [0.29, 0.717) is 0 Å². The van der Waals surface area contributed by atoms with Crippen LogP contribution in [0.1, 0.15) is 26.7 Å². The highest BCUT2D eigenvalue weighted by atomic mass is 19.3. The number of hydrogen-bond donors (Lipinski definition) is 1. The average Bonchev–Trinajstić information content (AvgIpc) is 1.97. The van der Waals surface area contributed by atoms with Gasteiger partial charge in [-0.05, 0) is 0 Å². The van der Waals surface area contributed by atoms with Gasteiger partial charge in [0.2, 0.25) is 5.92 Å². The van der Waals surface area contributed by atoms with Gasteiger partial charge in [-0.1, -0.05) is 13.8 Å². The lowest BCUT2D eigenvalue weighted by Gasteiger charge is -2.45. The summed E-state index contributed by atoms with van der Waals surface area (Å²) in [5, 5.41) is 8.93. The van der Waals surface area contributed by atoms with E-state index in [1.807, 2.05) is 0 Å². The number of Topliss-reactive ketones (excluding diaryl/α,β-unsaturated/α-hetero) is 1. The zero-order valence-corrected chi connectivity index (χ0v) is 7.81. The van der Waals surface area contributed by atoms with Gasteiger partial charge in [0.25, 0.3) is 0 Å². The summed E-state index contributed by atoms with van der Waals surface area (Å²) in [5.74, 6) is -3.29. The van der Waals surface area contributed by atoms with Crippen molar-refractivity contribution in [2.24, 2.45) is 11.3 Å². The van der Waals surface area contributed by atoms with Crippen LogP contribution in [0.3, 0.4) is 0 Å². The van der Waals surface area contributed by atoms with E-state index in [9.17, 15) is 13.6 Å². The maximum absolute atomic E-state index is 12.6. The fourth-order valence-corrected chi connectivity index (χ4v) is 1.91. The van der Waals surface area contributed by atoms with Crippen LogP contribution in [0.5, 0.6) is 0 Å². The first-order valence-electron chi connectivity index (χ1n) is 4.36. The largest absolute Gasteiger partial charge is 0.395 e. The maximum atomic E-state index is 12.6. The van der Waals surface area contributed by atoms with Gasteiger partial charge in [0.1, 0.15) is 5.78 Å². The van der Waals surface area contributed by atoms with Crippen molar-refractivity contribution in [2.75, 3.05) is 6.61 Å². The molecule has 4 heteroatoms. The van der Waals surface area contributed by atoms with Gasteiger partial charge < -0.3 is 5.11 Å². The van der Waals surface area contributed by atoms with Crippen LogP contribution in [0.15, 0.2) is 0 Å². The fraction of sp³-hybridized carbons (Fsp3) is 0.889. The molecular weight excluding hydrogens is 178 g/mol. The van der Waals surface area contributed by atoms with E-state index in [0.717, 1.165) is 0 Å². The molecule has 0 aromatic heterocycles. The molecule has 0 atom stereocenters. The highest BCUT2D eigenvalue weighted by molar-refractivity contribution is 5.87. The molecular formula is C9H14F2O2. The van der Waals surface area contributed by atoms with E-state index in [4.69, 9.17) is 5.11 Å². The molecule has 0 saturated heterocycles. The van der Waals surface area contributed by atoms with Crippen molar-refractivity contribution in [1.82, 2.24) is 0 Å². The minimum absolute atomic E-state index is 0.249. The van der Waals surface area contributed by atoms with E-state index < -0.39 is 30.8 Å². The van der Waals surface area contributed by atoms with Gasteiger partial charge in [0.15, 0.2) is 0 Å². The van der Waals surface area contributed by atoms with Gasteiger partial charge in [-0.2, -0.15) is 0 Å². The second kappa shape index (κ2) is 3.01. The lowest BCUT2D eigenvalue weighted by atomic mass is 9.62. The summed E-state index contributed by atoms with van der Waals surface area (Å²) in [7, 11) is 0. The lowest BCUT2D eigenvalue weighted by Crippen LogP contribution is -2.54. The predicted molar refractivity (Wildman–Crippen MR) is 43.5 cm³/mol. The third kappa shape index (κ3) is 1.73. The molecule has 13 heavy (non-hydrogen) atoms. The number of aliphatic hydroxyl groups is 1. The molecule has 0 radical (unpaired) electrons. The van der Waals surface area contributed by atoms with Gasteiger partial charge in [-0.15, -0.1) is 0 Å². The first kappa shape index (κ1) is 10.6. The van der Waals surface area contributed by atoms with Crippen LogP contribution >= 0.6 is 0 Å². The molecule has 0 amide bonds. The number of rotatable bonds is 3. The normalized spacial score (nSPS) is 24.2. The van der Waals surface area contributed by atoms with Crippen molar-refractivity contribution in [3.05, 3.63) is 0 Å². The monoisotopic (exact) mass is 192 g/mol. The van der Waals surface area contributed by atoms with Crippen molar-refractivity contribution in [2.45, 2.75) is 32.6 Å². The smallest absolute Gasteiger partial charge is 0.250 e. The third-order valence-electron chi connectivity index (χ3n) is 2.54. The number of hydrogen-bond acceptors (Lipinski definition) is 2. The Hall–Kier alpha value is -0.510. The molecule has 1 N–H and O–H groups in total. The van der Waals surface area contributed by atoms with Gasteiger partial charge in [-0.3, -0.25) is 4.79 Å². The molecule has 0 bridgehead atoms. The molecule has 2 nitrogen and oxygen atoms in total. The Morgan fingerprint density at radius 1 is 1.46 bits per heavy atom. The van der Waals surface area contributed by atoms with Crippen LogP contribution in [-0.2, 0) is 4.79 Å². The van der Waals surface area contributed by atoms with Gasteiger partial charge in [0, 0.05) is 18.8 Å². The molecule has 1 aliphatic rings. The van der Waals surface area contributed by atoms with Crippen LogP contribution in [-0.4, -0.2) is 23.4 Å². The molecule has 1 rings (SSSR count). The summed E-state index contributed by atoms with van der Waals surface area (Å²) in [5.41, 5.74) is -1.16. The Bertz CT molecular complexity index is 216. The quantitative estimate of drug-likeness (QED) is 0.737. The van der Waals surface area contributed by atoms with Crippen molar-refractivity contribution in [3.63, 3.8) is 0 Å². The molecule has 0 heterocycles. The standard InChI is InChI=1S/C9H14F2O2/c1-6(2)7(13)8(5-12)3-9(10,11)4-8/h6,12H,3-5H2,1-2H3. The summed E-state index contributed by atoms with van der Waals surface area (Å²) in [4.78, 5) is 11.5. The van der Waals surface area contributed by atoms with Crippen molar-refractivity contribution >= 4 is 5.78 Å². The van der Waals surface area contributed by atoms with Crippen LogP contribution in [0.4, 0.5) is 8.78 Å². The van der Waals surface area contributed by atoms with Crippen LogP contribution in [0.25, 0.3) is 0 Å². The summed E-state index contributed by atoms with van der Waals surface area (Å²) in [6.07, 6.45) is -0.985. The minimum atomic E-state index is -2.76. The van der Waals surface area contributed by atoms with E-state index in [1.54, 1.807) is 13.8 Å². The van der Waals surface area contributed by atoms with Crippen molar-refractivity contribution < 1.29 is 18.7 Å². The first-order chi connectivity index (χ1) is 5.83. The summed E-state index contributed by atoms with van der Waals surface area (Å²) in [6.45, 7) is 2.87. The minimum Gasteiger partial charge on any atom is -0.395 e. The summed E-state index contributed by atoms with van der Waals surface area (Å²) >= 11 is 0. The Labute approximate surface area is 75.9 Å². The number of carbonyl (C=O) groups is 1. The van der Waals surface area contributed by atoms with Gasteiger partial charge in [-0.25, -0.2) is 8.78 Å². The zero-order valence-electron chi connectivity index (χ0n) is 7.81. The molecule has 1 aliphatic carbocycles. The Morgan fingerprint density at radius 2 is 1.92 bits per heavy atom. The van der Waals surface area contributed by atoms with Crippen LogP contribution < -0.4 is 0 Å². The Balaban J connectivity index is 2.71. The third-order valence-corrected chi connectivity index (χ3v) is 2.54. The molecule has 1 fully saturated rings. The molecule has 1 saturated carbocycles. The first-order valence-corrected chi connectivity index (χ1v) is 4.36. The number of halogens is 2. The predicted octanol–water partition coefficient (Wildman–Crippen LogP) is 1.62. The SMILES string of the molecule is CC(C)C(=O)C1(CO)CC(F)(F)C1. The van der Waals surface area contributed by atoms with Crippen LogP contribution in [0.2, 0.25) is 0 Å². The zero-order chi connectivity index (χ0) is 10.3. The number of ketones is 1. The molecule has 76 valence electrons. The van der Waals surface area contributed by atoms with Gasteiger partial charge >= 0.3 is 0 Å². The van der Waals surface area contributed by atoms with Gasteiger partial charge in [0.05, 0.1) is 12.0 Å². The Morgan fingerprint density at radius 3 is 2.15 bits per heavy atom. The van der Waals surface area contributed by atoms with Crippen molar-refractivity contribution in [3.8, 4) is 0 Å². The van der Waals surface area contributed by atoms with E-state index >= 15 is 0 Å². The van der Waals surface area contributed by atoms with Crippen LogP contribution in [0, 0.1) is 11.3 Å². The lowest BCUT2D eigenvalue weighted by molar-refractivity contribution is -0.188. The van der Waals surface area contributed by atoms with E-state index in [2.05, 4.69) is 0 Å². The highest BCUT2D eigenvalue weighted by Gasteiger charge is 2.60. The second-order valence-corrected chi connectivity index (χ2v) is 4.17. The number of carbonyl (C=O) groups excluding carboxylic acids is 1. The molecule has 0 spiro atoms. The van der Waals surface area contributed by atoms with E-state index in [-0.39, 0.29) is 11.7 Å².